The van der Waals surface area contributed by atoms with E-state index in [4.69, 9.17) is 0 Å². The van der Waals surface area contributed by atoms with E-state index in [1.54, 1.807) is 24.3 Å². The van der Waals surface area contributed by atoms with Crippen LogP contribution in [0, 0.1) is 6.92 Å². The number of benzene rings is 2. The largest absolute Gasteiger partial charge is 0.352 e. The number of anilines is 1. The fraction of sp³-hybridized carbons (Fsp3) is 0.458. The number of carbonyl (C=O) groups is 1. The van der Waals surface area contributed by atoms with Crippen LogP contribution in [0.3, 0.4) is 0 Å². The molecule has 1 aliphatic rings. The third-order valence-corrected chi connectivity index (χ3v) is 7.07. The minimum atomic E-state index is -3.47. The monoisotopic (exact) mass is 458 g/mol. The smallest absolute Gasteiger partial charge is 0.251 e. The summed E-state index contributed by atoms with van der Waals surface area (Å²) in [5, 5.41) is 2.97. The Morgan fingerprint density at radius 3 is 2.31 bits per heavy atom. The van der Waals surface area contributed by atoms with Gasteiger partial charge < -0.3 is 15.1 Å². The van der Waals surface area contributed by atoms with Crippen molar-refractivity contribution in [2.24, 2.45) is 0 Å². The number of piperazine rings is 1. The van der Waals surface area contributed by atoms with E-state index in [1.165, 1.54) is 10.6 Å². The molecule has 32 heavy (non-hydrogen) atoms. The molecule has 7 nitrogen and oxygen atoms in total. The van der Waals surface area contributed by atoms with Crippen molar-refractivity contribution in [1.82, 2.24) is 15.1 Å². The average molecular weight is 459 g/mol. The lowest BCUT2D eigenvalue weighted by Gasteiger charge is -2.32. The Morgan fingerprint density at radius 1 is 1.03 bits per heavy atom. The Bertz CT molecular complexity index is 1000. The van der Waals surface area contributed by atoms with Crippen LogP contribution in [0.4, 0.5) is 5.69 Å². The van der Waals surface area contributed by atoms with Crippen molar-refractivity contribution in [2.75, 3.05) is 56.9 Å². The normalized spacial score (nSPS) is 15.5. The van der Waals surface area contributed by atoms with Crippen molar-refractivity contribution in [3.05, 3.63) is 65.2 Å². The molecule has 174 valence electrons. The first-order chi connectivity index (χ1) is 15.2. The summed E-state index contributed by atoms with van der Waals surface area (Å²) in [6.45, 7) is 8.15. The number of rotatable bonds is 9. The maximum absolute atomic E-state index is 12.5. The van der Waals surface area contributed by atoms with Crippen LogP contribution in [0.1, 0.15) is 27.9 Å². The predicted molar refractivity (Wildman–Crippen MR) is 130 cm³/mol. The number of amides is 1. The van der Waals surface area contributed by atoms with E-state index < -0.39 is 10.0 Å². The zero-order valence-electron chi connectivity index (χ0n) is 19.3. The molecular formula is C24H34N4O3S. The topological polar surface area (TPSA) is 73.0 Å². The number of carbonyl (C=O) groups excluding carboxylic acids is 1. The Morgan fingerprint density at radius 2 is 1.69 bits per heavy atom. The molecule has 0 spiro atoms. The number of sulfonamides is 1. The van der Waals surface area contributed by atoms with Crippen LogP contribution in [0.15, 0.2) is 48.5 Å². The summed E-state index contributed by atoms with van der Waals surface area (Å²) in [4.78, 5) is 17.2. The van der Waals surface area contributed by atoms with E-state index in [9.17, 15) is 13.2 Å². The summed E-state index contributed by atoms with van der Waals surface area (Å²) in [6.07, 6.45) is 2.11. The Kier molecular flexibility index (Phi) is 8.28. The number of likely N-dealkylation sites (N-methyl/N-ethyl adjacent to an activating group) is 1. The van der Waals surface area contributed by atoms with Gasteiger partial charge in [0.25, 0.3) is 5.91 Å². The van der Waals surface area contributed by atoms with Crippen LogP contribution in [0.25, 0.3) is 0 Å². The molecule has 1 N–H and O–H groups in total. The van der Waals surface area contributed by atoms with E-state index >= 15 is 0 Å². The molecule has 2 aromatic rings. The van der Waals surface area contributed by atoms with Gasteiger partial charge in [-0.05, 0) is 62.3 Å². The summed E-state index contributed by atoms with van der Waals surface area (Å²) in [5.41, 5.74) is 3.05. The fourth-order valence-corrected chi connectivity index (χ4v) is 4.68. The molecule has 2 aromatic carbocycles. The highest BCUT2D eigenvalue weighted by Gasteiger charge is 2.19. The van der Waals surface area contributed by atoms with Gasteiger partial charge in [-0.2, -0.15) is 0 Å². The van der Waals surface area contributed by atoms with Crippen LogP contribution in [0.5, 0.6) is 0 Å². The zero-order chi connectivity index (χ0) is 23.1. The summed E-state index contributed by atoms with van der Waals surface area (Å²) in [5.74, 6) is -0.139. The minimum absolute atomic E-state index is 0.139. The Hall–Kier alpha value is -2.42. The molecule has 1 saturated heterocycles. The van der Waals surface area contributed by atoms with Crippen molar-refractivity contribution in [3.63, 3.8) is 0 Å². The first-order valence-electron chi connectivity index (χ1n) is 11.1. The van der Waals surface area contributed by atoms with E-state index in [0.29, 0.717) is 17.8 Å². The van der Waals surface area contributed by atoms with Crippen molar-refractivity contribution in [2.45, 2.75) is 19.9 Å². The Balaban J connectivity index is 1.56. The molecule has 1 heterocycles. The van der Waals surface area contributed by atoms with E-state index in [0.717, 1.165) is 50.3 Å². The van der Waals surface area contributed by atoms with Crippen molar-refractivity contribution < 1.29 is 13.2 Å². The van der Waals surface area contributed by atoms with Gasteiger partial charge in [-0.15, -0.1) is 0 Å². The second-order valence-corrected chi connectivity index (χ2v) is 10.4. The van der Waals surface area contributed by atoms with Gasteiger partial charge in [-0.25, -0.2) is 8.42 Å². The molecule has 0 bridgehead atoms. The van der Waals surface area contributed by atoms with Crippen molar-refractivity contribution in [3.8, 4) is 0 Å². The molecule has 3 rings (SSSR count). The molecule has 0 radical (unpaired) electrons. The molecule has 0 aromatic heterocycles. The third kappa shape index (κ3) is 6.79. The SMILES string of the molecule is Cc1ccccc1CN(c1ccc(C(=O)NCCCN2CCN(C)CC2)cc1)S(C)(=O)=O. The van der Waals surface area contributed by atoms with Gasteiger partial charge in [0.1, 0.15) is 0 Å². The zero-order valence-corrected chi connectivity index (χ0v) is 20.1. The highest BCUT2D eigenvalue weighted by Crippen LogP contribution is 2.22. The van der Waals surface area contributed by atoms with Gasteiger partial charge in [0.15, 0.2) is 0 Å². The first kappa shape index (κ1) is 24.2. The molecule has 0 aliphatic carbocycles. The second kappa shape index (κ2) is 10.9. The second-order valence-electron chi connectivity index (χ2n) is 8.50. The number of nitrogens with one attached hydrogen (secondary N) is 1. The average Bonchev–Trinajstić information content (AvgIpc) is 2.76. The predicted octanol–water partition coefficient (Wildman–Crippen LogP) is 2.33. The van der Waals surface area contributed by atoms with Crippen LogP contribution in [-0.4, -0.2) is 76.7 Å². The van der Waals surface area contributed by atoms with E-state index in [2.05, 4.69) is 22.2 Å². The number of nitrogens with zero attached hydrogens (tertiary/aromatic N) is 3. The quantitative estimate of drug-likeness (QED) is 0.584. The number of hydrogen-bond acceptors (Lipinski definition) is 5. The summed E-state index contributed by atoms with van der Waals surface area (Å²) in [7, 11) is -1.33. The van der Waals surface area contributed by atoms with E-state index in [-0.39, 0.29) is 12.5 Å². The number of aryl methyl sites for hydroxylation is 1. The molecule has 1 fully saturated rings. The molecule has 8 heteroatoms. The maximum atomic E-state index is 12.5. The summed E-state index contributed by atoms with van der Waals surface area (Å²) >= 11 is 0. The Labute approximate surface area is 192 Å². The molecule has 0 saturated carbocycles. The highest BCUT2D eigenvalue weighted by atomic mass is 32.2. The fourth-order valence-electron chi connectivity index (χ4n) is 3.80. The molecule has 1 amide bonds. The van der Waals surface area contributed by atoms with Crippen LogP contribution < -0.4 is 9.62 Å². The lowest BCUT2D eigenvalue weighted by Crippen LogP contribution is -2.45. The van der Waals surface area contributed by atoms with Crippen molar-refractivity contribution in [1.29, 1.82) is 0 Å². The lowest BCUT2D eigenvalue weighted by atomic mass is 10.1. The third-order valence-electron chi connectivity index (χ3n) is 5.93. The summed E-state index contributed by atoms with van der Waals surface area (Å²) < 4.78 is 26.2. The molecular weight excluding hydrogens is 424 g/mol. The van der Waals surface area contributed by atoms with Gasteiger partial charge in [0.2, 0.25) is 10.0 Å². The van der Waals surface area contributed by atoms with Crippen LogP contribution in [0.2, 0.25) is 0 Å². The van der Waals surface area contributed by atoms with Crippen LogP contribution >= 0.6 is 0 Å². The van der Waals surface area contributed by atoms with Crippen molar-refractivity contribution >= 4 is 21.6 Å². The first-order valence-corrected chi connectivity index (χ1v) is 12.9. The molecule has 0 unspecified atom stereocenters. The lowest BCUT2D eigenvalue weighted by molar-refractivity contribution is 0.0949. The van der Waals surface area contributed by atoms with Gasteiger partial charge in [-0.3, -0.25) is 9.10 Å². The van der Waals surface area contributed by atoms with Crippen LogP contribution in [-0.2, 0) is 16.6 Å². The highest BCUT2D eigenvalue weighted by molar-refractivity contribution is 7.92. The van der Waals surface area contributed by atoms with Gasteiger partial charge in [-0.1, -0.05) is 24.3 Å². The standard InChI is InChI=1S/C24H34N4O3S/c1-20-7-4-5-8-22(20)19-28(32(3,30)31)23-11-9-21(10-12-23)24(29)25-13-6-14-27-17-15-26(2)16-18-27/h4-5,7-12H,6,13-19H2,1-3H3,(H,25,29). The van der Waals surface area contributed by atoms with E-state index in [1.807, 2.05) is 31.2 Å². The maximum Gasteiger partial charge on any atom is 0.251 e. The van der Waals surface area contributed by atoms with Gasteiger partial charge in [0.05, 0.1) is 18.5 Å². The molecule has 0 atom stereocenters. The summed E-state index contributed by atoms with van der Waals surface area (Å²) in [6, 6.07) is 14.5. The molecule has 1 aliphatic heterocycles. The number of hydrogen-bond donors (Lipinski definition) is 1. The van der Waals surface area contributed by atoms with Gasteiger partial charge in [0, 0.05) is 38.3 Å². The minimum Gasteiger partial charge on any atom is -0.352 e. The van der Waals surface area contributed by atoms with Gasteiger partial charge >= 0.3 is 0 Å².